The second kappa shape index (κ2) is 7.31. The molecule has 5 rings (SSSR count). The molecule has 0 spiro atoms. The predicted octanol–water partition coefficient (Wildman–Crippen LogP) is 3.33. The number of fused-ring (bicyclic) bond motifs is 1. The average Bonchev–Trinajstić information content (AvgIpc) is 3.43. The number of amides is 1. The second-order valence-corrected chi connectivity index (χ2v) is 8.20. The first-order chi connectivity index (χ1) is 13.8. The number of hydrogen-bond acceptors (Lipinski definition) is 5. The Morgan fingerprint density at radius 3 is 2.36 bits per heavy atom. The summed E-state index contributed by atoms with van der Waals surface area (Å²) in [5.41, 5.74) is 5.62. The van der Waals surface area contributed by atoms with Crippen LogP contribution in [0.1, 0.15) is 24.4 Å². The lowest BCUT2D eigenvalue weighted by molar-refractivity contribution is -0.129. The topological polar surface area (TPSA) is 63.1 Å². The van der Waals surface area contributed by atoms with Gasteiger partial charge in [-0.3, -0.25) is 4.79 Å². The molecule has 0 unspecified atom stereocenters. The fourth-order valence-corrected chi connectivity index (χ4v) is 5.01. The summed E-state index contributed by atoms with van der Waals surface area (Å²) < 4.78 is 1.92. The molecule has 7 heteroatoms. The maximum atomic E-state index is 13.3. The van der Waals surface area contributed by atoms with E-state index in [-0.39, 0.29) is 17.2 Å². The molecule has 1 N–H and O–H groups in total. The van der Waals surface area contributed by atoms with Crippen molar-refractivity contribution in [3.05, 3.63) is 66.2 Å². The zero-order valence-corrected chi connectivity index (χ0v) is 16.2. The maximum absolute atomic E-state index is 13.3. The van der Waals surface area contributed by atoms with Gasteiger partial charge in [-0.25, -0.2) is 4.68 Å². The highest BCUT2D eigenvalue weighted by Gasteiger charge is 2.40. The zero-order valence-electron chi connectivity index (χ0n) is 15.4. The third-order valence-electron chi connectivity index (χ3n) is 5.29. The van der Waals surface area contributed by atoms with Crippen molar-refractivity contribution in [1.29, 1.82) is 0 Å². The molecule has 0 bridgehead atoms. The lowest BCUT2D eigenvalue weighted by Crippen LogP contribution is -2.45. The second-order valence-electron chi connectivity index (χ2n) is 7.10. The predicted molar refractivity (Wildman–Crippen MR) is 109 cm³/mol. The lowest BCUT2D eigenvalue weighted by Gasteiger charge is -2.34. The van der Waals surface area contributed by atoms with Crippen LogP contribution in [0.3, 0.4) is 0 Å². The van der Waals surface area contributed by atoms with Crippen LogP contribution in [0, 0.1) is 0 Å². The van der Waals surface area contributed by atoms with Gasteiger partial charge in [0.15, 0.2) is 5.82 Å². The van der Waals surface area contributed by atoms with E-state index in [2.05, 4.69) is 27.8 Å². The Bertz CT molecular complexity index is 969. The van der Waals surface area contributed by atoms with Gasteiger partial charge in [-0.1, -0.05) is 72.4 Å². The van der Waals surface area contributed by atoms with Crippen LogP contribution in [-0.2, 0) is 4.79 Å². The Balaban J connectivity index is 1.54. The average molecular weight is 392 g/mol. The molecule has 2 aromatic carbocycles. The smallest absolute Gasteiger partial charge is 0.238 e. The number of nitrogens with zero attached hydrogens (tertiary/aromatic N) is 4. The van der Waals surface area contributed by atoms with Crippen LogP contribution >= 0.6 is 11.8 Å². The molecule has 0 saturated carbocycles. The Labute approximate surface area is 167 Å². The summed E-state index contributed by atoms with van der Waals surface area (Å²) in [7, 11) is 0. The molecule has 142 valence electrons. The Morgan fingerprint density at radius 2 is 1.64 bits per heavy atom. The summed E-state index contributed by atoms with van der Waals surface area (Å²) in [6, 6.07) is 20.0. The summed E-state index contributed by atoms with van der Waals surface area (Å²) in [5.74, 6) is 0.940. The molecule has 0 radical (unpaired) electrons. The number of carbonyl (C=O) groups is 1. The Kier molecular flexibility index (Phi) is 4.52. The van der Waals surface area contributed by atoms with Crippen LogP contribution in [0.5, 0.6) is 0 Å². The minimum absolute atomic E-state index is 0.148. The van der Waals surface area contributed by atoms with Crippen molar-refractivity contribution in [3.63, 3.8) is 0 Å². The third-order valence-corrected chi connectivity index (χ3v) is 6.49. The van der Waals surface area contributed by atoms with Gasteiger partial charge >= 0.3 is 0 Å². The molecule has 3 aromatic rings. The van der Waals surface area contributed by atoms with Gasteiger partial charge in [-0.2, -0.15) is 0 Å². The number of benzene rings is 2. The van der Waals surface area contributed by atoms with Gasteiger partial charge < -0.3 is 10.3 Å². The van der Waals surface area contributed by atoms with Gasteiger partial charge in [0.25, 0.3) is 0 Å². The summed E-state index contributed by atoms with van der Waals surface area (Å²) in [6.07, 6.45) is 2.17. The standard InChI is InChI=1S/C21H21N5OS/c27-20(25-13-7-8-14-25)18-17(15-9-3-1-4-10-15)24-26-19(22-23-21(26)28-18)16-11-5-2-6-12-16/h1-6,9-12,17-18,24H,7-8,13-14H2/t17-,18+/m0/s1. The van der Waals surface area contributed by atoms with Gasteiger partial charge in [0, 0.05) is 18.7 Å². The van der Waals surface area contributed by atoms with E-state index < -0.39 is 0 Å². The first-order valence-electron chi connectivity index (χ1n) is 9.59. The molecule has 6 nitrogen and oxygen atoms in total. The number of thioether (sulfide) groups is 1. The van der Waals surface area contributed by atoms with E-state index in [0.717, 1.165) is 48.0 Å². The van der Waals surface area contributed by atoms with E-state index in [9.17, 15) is 4.79 Å². The molecular formula is C21H21N5OS. The number of nitrogens with one attached hydrogen (secondary N) is 1. The van der Waals surface area contributed by atoms with Crippen molar-refractivity contribution in [2.45, 2.75) is 29.3 Å². The number of likely N-dealkylation sites (tertiary alicyclic amines) is 1. The van der Waals surface area contributed by atoms with E-state index in [0.29, 0.717) is 0 Å². The van der Waals surface area contributed by atoms with E-state index in [1.54, 1.807) is 0 Å². The summed E-state index contributed by atoms with van der Waals surface area (Å²) in [5, 5.41) is 9.22. The fraction of sp³-hybridized carbons (Fsp3) is 0.286. The van der Waals surface area contributed by atoms with Gasteiger partial charge in [0.2, 0.25) is 11.1 Å². The molecule has 28 heavy (non-hydrogen) atoms. The van der Waals surface area contributed by atoms with Crippen LogP contribution in [0.15, 0.2) is 65.8 Å². The van der Waals surface area contributed by atoms with Crippen LogP contribution in [0.25, 0.3) is 11.4 Å². The first-order valence-corrected chi connectivity index (χ1v) is 10.5. The van der Waals surface area contributed by atoms with Crippen LogP contribution in [-0.4, -0.2) is 44.0 Å². The molecular weight excluding hydrogens is 370 g/mol. The quantitative estimate of drug-likeness (QED) is 0.742. The SMILES string of the molecule is O=C([C@@H]1Sc2nnc(-c3ccccc3)n2N[C@H]1c1ccccc1)N1CCCC1. The van der Waals surface area contributed by atoms with Gasteiger partial charge in [0.05, 0.1) is 6.04 Å². The molecule has 2 aliphatic heterocycles. The van der Waals surface area contributed by atoms with Crippen molar-refractivity contribution >= 4 is 17.7 Å². The molecule has 1 amide bonds. The van der Waals surface area contributed by atoms with E-state index in [1.165, 1.54) is 11.8 Å². The Morgan fingerprint density at radius 1 is 0.964 bits per heavy atom. The van der Waals surface area contributed by atoms with Crippen molar-refractivity contribution in [1.82, 2.24) is 19.8 Å². The van der Waals surface area contributed by atoms with E-state index in [4.69, 9.17) is 0 Å². The maximum Gasteiger partial charge on any atom is 0.238 e. The summed E-state index contributed by atoms with van der Waals surface area (Å²) in [4.78, 5) is 15.3. The first kappa shape index (κ1) is 17.3. The molecule has 1 fully saturated rings. The van der Waals surface area contributed by atoms with Crippen molar-refractivity contribution in [2.75, 3.05) is 18.5 Å². The van der Waals surface area contributed by atoms with Crippen LogP contribution in [0.4, 0.5) is 0 Å². The molecule has 2 atom stereocenters. The molecule has 1 saturated heterocycles. The number of rotatable bonds is 3. The van der Waals surface area contributed by atoms with Crippen molar-refractivity contribution < 1.29 is 4.79 Å². The molecule has 3 heterocycles. The molecule has 2 aliphatic rings. The summed E-state index contributed by atoms with van der Waals surface area (Å²) in [6.45, 7) is 1.69. The number of aromatic nitrogens is 3. The van der Waals surface area contributed by atoms with Gasteiger partial charge in [0.1, 0.15) is 5.25 Å². The summed E-state index contributed by atoms with van der Waals surface area (Å²) >= 11 is 1.51. The highest BCUT2D eigenvalue weighted by molar-refractivity contribution is 8.00. The largest absolute Gasteiger partial charge is 0.342 e. The van der Waals surface area contributed by atoms with Crippen molar-refractivity contribution in [3.8, 4) is 11.4 Å². The highest BCUT2D eigenvalue weighted by Crippen LogP contribution is 2.39. The monoisotopic (exact) mass is 391 g/mol. The van der Waals surface area contributed by atoms with Crippen LogP contribution in [0.2, 0.25) is 0 Å². The fourth-order valence-electron chi connectivity index (χ4n) is 3.85. The zero-order chi connectivity index (χ0) is 18.9. The minimum Gasteiger partial charge on any atom is -0.342 e. The van der Waals surface area contributed by atoms with Gasteiger partial charge in [-0.05, 0) is 18.4 Å². The normalized spacial score (nSPS) is 21.2. The Hall–Kier alpha value is -2.80. The van der Waals surface area contributed by atoms with Gasteiger partial charge in [-0.15, -0.1) is 10.2 Å². The van der Waals surface area contributed by atoms with E-state index in [1.807, 2.05) is 58.1 Å². The van der Waals surface area contributed by atoms with E-state index >= 15 is 0 Å². The number of carbonyl (C=O) groups excluding carboxylic acids is 1. The number of hydrogen-bond donors (Lipinski definition) is 1. The lowest BCUT2D eigenvalue weighted by atomic mass is 10.0. The highest BCUT2D eigenvalue weighted by atomic mass is 32.2. The molecule has 1 aromatic heterocycles. The van der Waals surface area contributed by atoms with Crippen molar-refractivity contribution in [2.24, 2.45) is 0 Å². The molecule has 0 aliphatic carbocycles. The minimum atomic E-state index is -0.263. The van der Waals surface area contributed by atoms with Crippen LogP contribution < -0.4 is 5.43 Å². The third kappa shape index (κ3) is 3.05.